The van der Waals surface area contributed by atoms with Crippen molar-refractivity contribution in [2.45, 2.75) is 25.8 Å². The van der Waals surface area contributed by atoms with Gasteiger partial charge in [0.25, 0.3) is 0 Å². The highest BCUT2D eigenvalue weighted by Crippen LogP contribution is 2.34. The van der Waals surface area contributed by atoms with E-state index in [0.717, 1.165) is 48.6 Å². The average Bonchev–Trinajstić information content (AvgIpc) is 3.26. The van der Waals surface area contributed by atoms with Crippen LogP contribution >= 0.6 is 11.6 Å². The molecule has 1 saturated heterocycles. The smallest absolute Gasteiger partial charge is 0.322 e. The fourth-order valence-electron chi connectivity index (χ4n) is 4.02. The number of rotatable bonds is 8. The number of hydrogen-bond donors (Lipinski definition) is 1. The number of carbonyl (C=O) groups is 1. The van der Waals surface area contributed by atoms with Gasteiger partial charge in [-0.15, -0.1) is 0 Å². The molecule has 2 heterocycles. The molecule has 1 N–H and O–H groups in total. The van der Waals surface area contributed by atoms with Crippen molar-refractivity contribution < 1.29 is 14.1 Å². The number of methoxy groups -OCH3 is 1. The summed E-state index contributed by atoms with van der Waals surface area (Å²) in [7, 11) is 1.63. The SMILES string of the molecule is COCCN(Cc1c(-c2ccccc2)noc1N1CCCCC1)C(=O)Nc1cccc(Cl)c1. The van der Waals surface area contributed by atoms with Gasteiger partial charge in [-0.05, 0) is 37.5 Å². The molecule has 174 valence electrons. The molecule has 8 heteroatoms. The van der Waals surface area contributed by atoms with Gasteiger partial charge in [0.05, 0.1) is 18.7 Å². The molecule has 33 heavy (non-hydrogen) atoms. The molecule has 1 fully saturated rings. The Bertz CT molecular complexity index is 1050. The van der Waals surface area contributed by atoms with Crippen molar-refractivity contribution in [2.75, 3.05) is 43.6 Å². The average molecular weight is 469 g/mol. The van der Waals surface area contributed by atoms with Crippen LogP contribution in [0.3, 0.4) is 0 Å². The molecule has 0 unspecified atom stereocenters. The summed E-state index contributed by atoms with van der Waals surface area (Å²) in [4.78, 5) is 17.2. The molecule has 3 aromatic rings. The second-order valence-electron chi connectivity index (χ2n) is 8.08. The maximum Gasteiger partial charge on any atom is 0.322 e. The zero-order valence-corrected chi connectivity index (χ0v) is 19.6. The first kappa shape index (κ1) is 23.1. The third-order valence-corrected chi connectivity index (χ3v) is 5.97. The molecule has 4 rings (SSSR count). The van der Waals surface area contributed by atoms with Crippen molar-refractivity contribution in [1.29, 1.82) is 0 Å². The Morgan fingerprint density at radius 3 is 2.67 bits per heavy atom. The van der Waals surface area contributed by atoms with E-state index < -0.39 is 0 Å². The second-order valence-corrected chi connectivity index (χ2v) is 8.52. The minimum absolute atomic E-state index is 0.237. The molecule has 0 saturated carbocycles. The molecule has 0 atom stereocenters. The Morgan fingerprint density at radius 2 is 1.94 bits per heavy atom. The summed E-state index contributed by atoms with van der Waals surface area (Å²) in [6.45, 7) is 3.01. The van der Waals surface area contributed by atoms with Crippen LogP contribution in [0.25, 0.3) is 11.3 Å². The summed E-state index contributed by atoms with van der Waals surface area (Å²) < 4.78 is 11.2. The predicted octanol–water partition coefficient (Wildman–Crippen LogP) is 5.67. The molecule has 2 aromatic carbocycles. The third-order valence-electron chi connectivity index (χ3n) is 5.74. The Balaban J connectivity index is 1.64. The molecule has 0 aliphatic carbocycles. The quantitative estimate of drug-likeness (QED) is 0.461. The van der Waals surface area contributed by atoms with E-state index in [-0.39, 0.29) is 6.03 Å². The molecule has 1 aliphatic heterocycles. The maximum absolute atomic E-state index is 13.2. The molecular weight excluding hydrogens is 440 g/mol. The number of anilines is 2. The zero-order chi connectivity index (χ0) is 23.0. The summed E-state index contributed by atoms with van der Waals surface area (Å²) in [6.07, 6.45) is 3.44. The third kappa shape index (κ3) is 5.86. The largest absolute Gasteiger partial charge is 0.383 e. The van der Waals surface area contributed by atoms with Crippen molar-refractivity contribution in [3.05, 3.63) is 65.2 Å². The van der Waals surface area contributed by atoms with Crippen LogP contribution in [0.15, 0.2) is 59.1 Å². The molecule has 1 aliphatic rings. The van der Waals surface area contributed by atoms with Gasteiger partial charge in [-0.3, -0.25) is 0 Å². The number of nitrogens with zero attached hydrogens (tertiary/aromatic N) is 3. The van der Waals surface area contributed by atoms with Gasteiger partial charge in [0.15, 0.2) is 0 Å². The van der Waals surface area contributed by atoms with E-state index in [4.69, 9.17) is 20.9 Å². The lowest BCUT2D eigenvalue weighted by molar-refractivity contribution is 0.153. The van der Waals surface area contributed by atoms with Crippen molar-refractivity contribution in [2.24, 2.45) is 0 Å². The minimum Gasteiger partial charge on any atom is -0.383 e. The van der Waals surface area contributed by atoms with Crippen LogP contribution in [0.4, 0.5) is 16.4 Å². The summed E-state index contributed by atoms with van der Waals surface area (Å²) in [6, 6.07) is 16.8. The molecule has 0 radical (unpaired) electrons. The van der Waals surface area contributed by atoms with Crippen LogP contribution in [0, 0.1) is 0 Å². The number of aromatic nitrogens is 1. The van der Waals surface area contributed by atoms with Crippen molar-refractivity contribution >= 4 is 29.2 Å². The first-order valence-corrected chi connectivity index (χ1v) is 11.6. The van der Waals surface area contributed by atoms with Crippen LogP contribution in [-0.4, -0.2) is 49.4 Å². The number of amides is 2. The number of benzene rings is 2. The lowest BCUT2D eigenvalue weighted by Gasteiger charge is -2.28. The number of hydrogen-bond acceptors (Lipinski definition) is 5. The minimum atomic E-state index is -0.237. The van der Waals surface area contributed by atoms with Gasteiger partial charge in [0, 0.05) is 43.0 Å². The lowest BCUT2D eigenvalue weighted by atomic mass is 10.1. The van der Waals surface area contributed by atoms with E-state index in [9.17, 15) is 4.79 Å². The summed E-state index contributed by atoms with van der Waals surface area (Å²) in [5, 5.41) is 7.93. The van der Waals surface area contributed by atoms with Gasteiger partial charge in [0.2, 0.25) is 5.88 Å². The first-order chi connectivity index (χ1) is 16.2. The van der Waals surface area contributed by atoms with Gasteiger partial charge in [0.1, 0.15) is 5.69 Å². The Labute approximate surface area is 199 Å². The Hall–Kier alpha value is -3.03. The number of halogens is 1. The summed E-state index contributed by atoms with van der Waals surface area (Å²) in [5.41, 5.74) is 3.26. The number of urea groups is 1. The molecule has 0 bridgehead atoms. The second kappa shape index (κ2) is 11.2. The number of ether oxygens (including phenoxy) is 1. The highest BCUT2D eigenvalue weighted by molar-refractivity contribution is 6.30. The fourth-order valence-corrected chi connectivity index (χ4v) is 4.22. The maximum atomic E-state index is 13.2. The first-order valence-electron chi connectivity index (χ1n) is 11.2. The predicted molar refractivity (Wildman–Crippen MR) is 131 cm³/mol. The van der Waals surface area contributed by atoms with Gasteiger partial charge in [-0.1, -0.05) is 53.2 Å². The van der Waals surface area contributed by atoms with Gasteiger partial charge >= 0.3 is 6.03 Å². The van der Waals surface area contributed by atoms with Crippen LogP contribution in [0.2, 0.25) is 5.02 Å². The molecule has 2 amide bonds. The molecule has 1 aromatic heterocycles. The van der Waals surface area contributed by atoms with E-state index in [2.05, 4.69) is 15.4 Å². The monoisotopic (exact) mass is 468 g/mol. The van der Waals surface area contributed by atoms with Gasteiger partial charge in [-0.2, -0.15) is 0 Å². The number of piperidine rings is 1. The Morgan fingerprint density at radius 1 is 1.15 bits per heavy atom. The highest BCUT2D eigenvalue weighted by atomic mass is 35.5. The number of carbonyl (C=O) groups excluding carboxylic acids is 1. The highest BCUT2D eigenvalue weighted by Gasteiger charge is 2.27. The van der Waals surface area contributed by atoms with Crippen LogP contribution in [0.5, 0.6) is 0 Å². The van der Waals surface area contributed by atoms with Gasteiger partial charge in [-0.25, -0.2) is 4.79 Å². The number of nitrogens with one attached hydrogen (secondary N) is 1. The fraction of sp³-hybridized carbons (Fsp3) is 0.360. The van der Waals surface area contributed by atoms with E-state index in [1.54, 1.807) is 30.2 Å². The standard InChI is InChI=1S/C25H29ClN4O3/c1-32-16-15-30(25(31)27-21-12-8-11-20(26)17-21)18-22-23(19-9-4-2-5-10-19)28-33-24(22)29-13-6-3-7-14-29/h2,4-5,8-12,17H,3,6-7,13-16,18H2,1H3,(H,27,31). The normalized spacial score (nSPS) is 13.7. The van der Waals surface area contributed by atoms with Crippen LogP contribution in [0.1, 0.15) is 24.8 Å². The Kier molecular flexibility index (Phi) is 7.86. The molecule has 0 spiro atoms. The molecule has 7 nitrogen and oxygen atoms in total. The lowest BCUT2D eigenvalue weighted by Crippen LogP contribution is -2.37. The van der Waals surface area contributed by atoms with Crippen LogP contribution in [-0.2, 0) is 11.3 Å². The van der Waals surface area contributed by atoms with E-state index in [1.165, 1.54) is 6.42 Å². The van der Waals surface area contributed by atoms with E-state index in [0.29, 0.717) is 30.4 Å². The van der Waals surface area contributed by atoms with E-state index in [1.807, 2.05) is 36.4 Å². The van der Waals surface area contributed by atoms with E-state index >= 15 is 0 Å². The van der Waals surface area contributed by atoms with Crippen molar-refractivity contribution in [3.63, 3.8) is 0 Å². The van der Waals surface area contributed by atoms with Crippen molar-refractivity contribution in [3.8, 4) is 11.3 Å². The van der Waals surface area contributed by atoms with Crippen LogP contribution < -0.4 is 10.2 Å². The zero-order valence-electron chi connectivity index (χ0n) is 18.8. The topological polar surface area (TPSA) is 70.8 Å². The summed E-state index contributed by atoms with van der Waals surface area (Å²) >= 11 is 6.09. The summed E-state index contributed by atoms with van der Waals surface area (Å²) in [5.74, 6) is 0.742. The van der Waals surface area contributed by atoms with Crippen molar-refractivity contribution in [1.82, 2.24) is 10.1 Å². The molecular formula is C25H29ClN4O3. The van der Waals surface area contributed by atoms with Gasteiger partial charge < -0.3 is 24.4 Å².